The van der Waals surface area contributed by atoms with Gasteiger partial charge in [0.1, 0.15) is 0 Å². The third kappa shape index (κ3) is 1.32. The van der Waals surface area contributed by atoms with E-state index < -0.39 is 0 Å². The van der Waals surface area contributed by atoms with Gasteiger partial charge >= 0.3 is 0 Å². The summed E-state index contributed by atoms with van der Waals surface area (Å²) in [6.45, 7) is 2.56. The normalized spacial score (nSPS) is 40.8. The molecule has 2 atom stereocenters. The molecule has 2 heteroatoms. The van der Waals surface area contributed by atoms with Crippen molar-refractivity contribution in [3.8, 4) is 0 Å². The van der Waals surface area contributed by atoms with Gasteiger partial charge in [0.15, 0.2) is 0 Å². The molecule has 0 saturated carbocycles. The molecule has 10 heavy (non-hydrogen) atoms. The minimum absolute atomic E-state index is 0.961. The fraction of sp³-hybridized carbons (Fsp3) is 1.00. The minimum atomic E-state index is 0.961. The lowest BCUT2D eigenvalue weighted by molar-refractivity contribution is 0.525. The predicted molar refractivity (Wildman–Crippen MR) is 46.5 cm³/mol. The Balaban J connectivity index is 1.95. The maximum atomic E-state index is 3.47. The zero-order valence-corrected chi connectivity index (χ0v) is 7.12. The van der Waals surface area contributed by atoms with Crippen LogP contribution in [0.5, 0.6) is 0 Å². The van der Waals surface area contributed by atoms with Gasteiger partial charge in [-0.25, -0.2) is 0 Å². The maximum absolute atomic E-state index is 3.47. The molecule has 0 radical (unpaired) electrons. The Bertz CT molecular complexity index is 104. The lowest BCUT2D eigenvalue weighted by atomic mass is 10.0. The smallest absolute Gasteiger partial charge is 0.0212 e. The molecule has 2 rings (SSSR count). The Kier molecular flexibility index (Phi) is 2.19. The van der Waals surface area contributed by atoms with E-state index in [2.05, 4.69) is 17.1 Å². The molecule has 0 aromatic carbocycles. The fourth-order valence-corrected chi connectivity index (χ4v) is 3.35. The van der Waals surface area contributed by atoms with Crippen molar-refractivity contribution in [3.63, 3.8) is 0 Å². The van der Waals surface area contributed by atoms with Crippen LogP contribution in [0.15, 0.2) is 0 Å². The molecular formula is C8H15NS. The van der Waals surface area contributed by atoms with Crippen LogP contribution in [-0.2, 0) is 0 Å². The molecule has 2 heterocycles. The molecule has 2 saturated heterocycles. The summed E-state index contributed by atoms with van der Waals surface area (Å²) in [6.07, 6.45) is 4.40. The molecule has 2 unspecified atom stereocenters. The molecule has 0 aliphatic carbocycles. The molecule has 2 fully saturated rings. The van der Waals surface area contributed by atoms with Crippen molar-refractivity contribution in [2.45, 2.75) is 24.5 Å². The van der Waals surface area contributed by atoms with E-state index >= 15 is 0 Å². The van der Waals surface area contributed by atoms with Crippen LogP contribution in [0.25, 0.3) is 0 Å². The molecule has 1 nitrogen and oxygen atoms in total. The first-order valence-electron chi connectivity index (χ1n) is 4.29. The number of thioether (sulfide) groups is 1. The van der Waals surface area contributed by atoms with Gasteiger partial charge in [-0.1, -0.05) is 6.42 Å². The third-order valence-corrected chi connectivity index (χ3v) is 4.08. The minimum Gasteiger partial charge on any atom is -0.315 e. The summed E-state index contributed by atoms with van der Waals surface area (Å²) in [5, 5.41) is 4.43. The van der Waals surface area contributed by atoms with E-state index in [-0.39, 0.29) is 0 Å². The zero-order valence-electron chi connectivity index (χ0n) is 6.31. The second kappa shape index (κ2) is 3.14. The van der Waals surface area contributed by atoms with Gasteiger partial charge in [-0.15, -0.1) is 0 Å². The van der Waals surface area contributed by atoms with Crippen molar-refractivity contribution >= 4 is 11.8 Å². The van der Waals surface area contributed by atoms with Gasteiger partial charge in [0, 0.05) is 11.8 Å². The molecule has 0 amide bonds. The van der Waals surface area contributed by atoms with Crippen molar-refractivity contribution in [1.29, 1.82) is 0 Å². The molecule has 2 aliphatic rings. The Labute approximate surface area is 67.0 Å². The number of rotatable bonds is 0. The van der Waals surface area contributed by atoms with Crippen LogP contribution in [0.2, 0.25) is 0 Å². The van der Waals surface area contributed by atoms with Crippen molar-refractivity contribution < 1.29 is 0 Å². The average molecular weight is 157 g/mol. The van der Waals surface area contributed by atoms with Gasteiger partial charge in [0.2, 0.25) is 0 Å². The third-order valence-electron chi connectivity index (χ3n) is 2.58. The second-order valence-electron chi connectivity index (χ2n) is 3.32. The Morgan fingerprint density at radius 2 is 2.20 bits per heavy atom. The van der Waals surface area contributed by atoms with E-state index in [0.717, 1.165) is 11.2 Å². The van der Waals surface area contributed by atoms with E-state index in [1.165, 1.54) is 38.1 Å². The van der Waals surface area contributed by atoms with Crippen LogP contribution in [-0.4, -0.2) is 24.1 Å². The molecule has 2 aliphatic heterocycles. The predicted octanol–water partition coefficient (Wildman–Crippen LogP) is 1.49. The first-order chi connectivity index (χ1) is 4.97. The first kappa shape index (κ1) is 6.99. The highest BCUT2D eigenvalue weighted by Gasteiger charge is 2.28. The van der Waals surface area contributed by atoms with Crippen LogP contribution in [0.4, 0.5) is 0 Å². The number of fused-ring (bicyclic) bond motifs is 1. The molecule has 0 bridgehead atoms. The van der Waals surface area contributed by atoms with Gasteiger partial charge in [0.05, 0.1) is 0 Å². The van der Waals surface area contributed by atoms with Crippen LogP contribution >= 0.6 is 11.8 Å². The SMILES string of the molecule is C1CCC2CNCC2SC1. The standard InChI is InChI=1S/C8H15NS/c1-2-4-10-8-6-9-5-7(8)3-1/h7-9H,1-6H2. The van der Waals surface area contributed by atoms with E-state index in [0.29, 0.717) is 0 Å². The number of nitrogens with one attached hydrogen (secondary N) is 1. The van der Waals surface area contributed by atoms with Crippen molar-refractivity contribution in [3.05, 3.63) is 0 Å². The summed E-state index contributed by atoms with van der Waals surface area (Å²) in [5.74, 6) is 2.41. The second-order valence-corrected chi connectivity index (χ2v) is 4.67. The van der Waals surface area contributed by atoms with Crippen LogP contribution in [0.3, 0.4) is 0 Å². The van der Waals surface area contributed by atoms with Gasteiger partial charge in [0.25, 0.3) is 0 Å². The van der Waals surface area contributed by atoms with Gasteiger partial charge in [-0.2, -0.15) is 11.8 Å². The highest BCUT2D eigenvalue weighted by atomic mass is 32.2. The number of hydrogen-bond acceptors (Lipinski definition) is 2. The molecule has 0 aromatic heterocycles. The summed E-state index contributed by atoms with van der Waals surface area (Å²) in [4.78, 5) is 0. The molecule has 0 spiro atoms. The Morgan fingerprint density at radius 1 is 1.20 bits per heavy atom. The van der Waals surface area contributed by atoms with E-state index in [4.69, 9.17) is 0 Å². The molecule has 1 N–H and O–H groups in total. The molecular weight excluding hydrogens is 142 g/mol. The van der Waals surface area contributed by atoms with Crippen LogP contribution in [0, 0.1) is 5.92 Å². The highest BCUT2D eigenvalue weighted by molar-refractivity contribution is 7.99. The van der Waals surface area contributed by atoms with E-state index in [9.17, 15) is 0 Å². The summed E-state index contributed by atoms with van der Waals surface area (Å²) in [5.41, 5.74) is 0. The first-order valence-corrected chi connectivity index (χ1v) is 5.34. The van der Waals surface area contributed by atoms with Gasteiger partial charge in [-0.05, 0) is 31.1 Å². The number of hydrogen-bond donors (Lipinski definition) is 1. The Hall–Kier alpha value is 0.310. The molecule has 0 aromatic rings. The van der Waals surface area contributed by atoms with Gasteiger partial charge < -0.3 is 5.32 Å². The van der Waals surface area contributed by atoms with Crippen molar-refractivity contribution in [1.82, 2.24) is 5.32 Å². The summed E-state index contributed by atoms with van der Waals surface area (Å²) in [6, 6.07) is 0. The summed E-state index contributed by atoms with van der Waals surface area (Å²) >= 11 is 2.19. The maximum Gasteiger partial charge on any atom is 0.0212 e. The lowest BCUT2D eigenvalue weighted by Gasteiger charge is -2.12. The van der Waals surface area contributed by atoms with Crippen molar-refractivity contribution in [2.75, 3.05) is 18.8 Å². The van der Waals surface area contributed by atoms with E-state index in [1.54, 1.807) is 0 Å². The quantitative estimate of drug-likeness (QED) is 0.572. The monoisotopic (exact) mass is 157 g/mol. The topological polar surface area (TPSA) is 12.0 Å². The summed E-state index contributed by atoms with van der Waals surface area (Å²) < 4.78 is 0. The van der Waals surface area contributed by atoms with E-state index in [1.807, 2.05) is 0 Å². The van der Waals surface area contributed by atoms with Crippen LogP contribution in [0.1, 0.15) is 19.3 Å². The van der Waals surface area contributed by atoms with Crippen LogP contribution < -0.4 is 5.32 Å². The average Bonchev–Trinajstić information content (AvgIpc) is 2.28. The van der Waals surface area contributed by atoms with Crippen molar-refractivity contribution in [2.24, 2.45) is 5.92 Å². The Morgan fingerprint density at radius 3 is 3.20 bits per heavy atom. The largest absolute Gasteiger partial charge is 0.315 e. The fourth-order valence-electron chi connectivity index (χ4n) is 1.94. The summed E-state index contributed by atoms with van der Waals surface area (Å²) in [7, 11) is 0. The van der Waals surface area contributed by atoms with Gasteiger partial charge in [-0.3, -0.25) is 0 Å². The lowest BCUT2D eigenvalue weighted by Crippen LogP contribution is -2.12. The molecule has 58 valence electrons. The zero-order chi connectivity index (χ0) is 6.81. The highest BCUT2D eigenvalue weighted by Crippen LogP contribution is 2.31.